The monoisotopic (exact) mass is 298 g/mol. The van der Waals surface area contributed by atoms with Gasteiger partial charge in [-0.3, -0.25) is 4.79 Å². The predicted molar refractivity (Wildman–Crippen MR) is 58.2 cm³/mol. The summed E-state index contributed by atoms with van der Waals surface area (Å²) in [5.74, 6) is -4.74. The average Bonchev–Trinajstić information content (AvgIpc) is 2.32. The second kappa shape index (κ2) is 10.7. The molecule has 0 saturated heterocycles. The van der Waals surface area contributed by atoms with Gasteiger partial charge in [0.25, 0.3) is 0 Å². The minimum atomic E-state index is -1.38. The van der Waals surface area contributed by atoms with Crippen LogP contribution < -0.4 is 46.1 Å². The van der Waals surface area contributed by atoms with Crippen LogP contribution >= 0.6 is 0 Å². The molecule has 2 atom stereocenters. The molecule has 0 fully saturated rings. The number of carbonyl (C=O) groups is 4. The van der Waals surface area contributed by atoms with E-state index in [4.69, 9.17) is 16.6 Å². The quantitative estimate of drug-likeness (QED) is 0.224. The van der Waals surface area contributed by atoms with Crippen molar-refractivity contribution < 1.29 is 63.7 Å². The zero-order chi connectivity index (χ0) is 15.0. The predicted octanol–water partition coefficient (Wildman–Crippen LogP) is -5.89. The number of carbonyl (C=O) groups excluding carboxylic acids is 3. The Morgan fingerprint density at radius 3 is 1.75 bits per heavy atom. The molecule has 0 aliphatic rings. The van der Waals surface area contributed by atoms with E-state index in [-0.39, 0.29) is 48.8 Å². The third-order valence-corrected chi connectivity index (χ3v) is 2.14. The fraction of sp³-hybridized carbons (Fsp3) is 0.600. The molecule has 0 amide bonds. The molecule has 0 spiro atoms. The van der Waals surface area contributed by atoms with Crippen molar-refractivity contribution in [3.05, 3.63) is 0 Å². The number of ether oxygens (including phenoxy) is 1. The number of rotatable bonds is 8. The first kappa shape index (κ1) is 21.3. The van der Waals surface area contributed by atoms with Crippen LogP contribution in [0.25, 0.3) is 0 Å². The molecule has 0 rings (SSSR count). The van der Waals surface area contributed by atoms with Crippen molar-refractivity contribution in [1.29, 1.82) is 0 Å². The molecule has 5 N–H and O–H groups in total. The number of esters is 2. The van der Waals surface area contributed by atoms with Crippen molar-refractivity contribution in [2.75, 3.05) is 0 Å². The maximum absolute atomic E-state index is 11.3. The van der Waals surface area contributed by atoms with E-state index in [0.29, 0.717) is 0 Å². The summed E-state index contributed by atoms with van der Waals surface area (Å²) >= 11 is 0. The van der Waals surface area contributed by atoms with Gasteiger partial charge in [-0.05, 0) is 19.3 Å². The van der Waals surface area contributed by atoms with Gasteiger partial charge in [0.1, 0.15) is 12.1 Å². The Balaban J connectivity index is 0. The maximum atomic E-state index is 11.3. The zero-order valence-electron chi connectivity index (χ0n) is 11.0. The molecule has 0 aromatic rings. The van der Waals surface area contributed by atoms with Gasteiger partial charge in [0.15, 0.2) is 0 Å². The number of carboxylic acid groups (broad SMARTS) is 2. The van der Waals surface area contributed by atoms with Gasteiger partial charge in [0.2, 0.25) is 0 Å². The first-order valence-corrected chi connectivity index (χ1v) is 5.42. The second-order valence-electron chi connectivity index (χ2n) is 3.80. The van der Waals surface area contributed by atoms with Gasteiger partial charge in [-0.25, -0.2) is 9.59 Å². The van der Waals surface area contributed by atoms with E-state index in [1.165, 1.54) is 0 Å². The minimum Gasteiger partial charge on any atom is -0.550 e. The molecule has 0 aliphatic heterocycles. The first-order valence-electron chi connectivity index (χ1n) is 5.42. The van der Waals surface area contributed by atoms with Gasteiger partial charge in [0, 0.05) is 12.4 Å². The van der Waals surface area contributed by atoms with Crippen molar-refractivity contribution in [3.8, 4) is 0 Å². The topological polar surface area (TPSA) is 173 Å². The molecule has 2 unspecified atom stereocenters. The van der Waals surface area contributed by atoms with E-state index in [0.717, 1.165) is 0 Å². The Morgan fingerprint density at radius 2 is 1.40 bits per heavy atom. The fourth-order valence-corrected chi connectivity index (χ4v) is 1.04. The van der Waals surface area contributed by atoms with E-state index in [1.54, 1.807) is 0 Å². The molecule has 9 nitrogen and oxygen atoms in total. The van der Waals surface area contributed by atoms with Crippen molar-refractivity contribution in [3.63, 3.8) is 0 Å². The Labute approximate surface area is 136 Å². The Morgan fingerprint density at radius 1 is 1.00 bits per heavy atom. The van der Waals surface area contributed by atoms with E-state index >= 15 is 0 Å². The summed E-state index contributed by atoms with van der Waals surface area (Å²) < 4.78 is 4.30. The molecular formula is C10H15N2NaO7. The summed E-state index contributed by atoms with van der Waals surface area (Å²) in [6, 6.07) is -2.54. The minimum absolute atomic E-state index is 0. The Bertz CT molecular complexity index is 341. The van der Waals surface area contributed by atoms with E-state index in [9.17, 15) is 24.3 Å². The SMILES string of the molecule is NC(CCC(=O)[O-])C(=O)OC(=O)C(N)CCC(=O)O.[Na+]. The van der Waals surface area contributed by atoms with Crippen molar-refractivity contribution in [2.24, 2.45) is 11.5 Å². The van der Waals surface area contributed by atoms with E-state index in [1.807, 2.05) is 0 Å². The van der Waals surface area contributed by atoms with E-state index < -0.39 is 42.4 Å². The second-order valence-corrected chi connectivity index (χ2v) is 3.80. The zero-order valence-corrected chi connectivity index (χ0v) is 13.0. The maximum Gasteiger partial charge on any atom is 1.00 e. The molecule has 0 radical (unpaired) electrons. The van der Waals surface area contributed by atoms with Crippen LogP contribution in [0.15, 0.2) is 0 Å². The van der Waals surface area contributed by atoms with Crippen molar-refractivity contribution >= 4 is 23.9 Å². The molecule has 108 valence electrons. The van der Waals surface area contributed by atoms with Crippen molar-refractivity contribution in [1.82, 2.24) is 0 Å². The third kappa shape index (κ3) is 9.87. The van der Waals surface area contributed by atoms with Crippen LogP contribution in [0.3, 0.4) is 0 Å². The molecule has 0 aromatic carbocycles. The molecule has 0 heterocycles. The van der Waals surface area contributed by atoms with Gasteiger partial charge in [-0.2, -0.15) is 0 Å². The van der Waals surface area contributed by atoms with Gasteiger partial charge in [0.05, 0.1) is 0 Å². The Kier molecular flexibility index (Phi) is 11.4. The Hall–Kier alpha value is -1.00. The van der Waals surface area contributed by atoms with Gasteiger partial charge in [-0.15, -0.1) is 0 Å². The molecule has 0 aliphatic carbocycles. The van der Waals surface area contributed by atoms with Crippen molar-refractivity contribution in [2.45, 2.75) is 37.8 Å². The van der Waals surface area contributed by atoms with Crippen LogP contribution in [-0.2, 0) is 23.9 Å². The molecule has 0 bridgehead atoms. The summed E-state index contributed by atoms with van der Waals surface area (Å²) in [6.07, 6.45) is -1.22. The normalized spacial score (nSPS) is 12.7. The average molecular weight is 298 g/mol. The summed E-state index contributed by atoms with van der Waals surface area (Å²) in [5, 5.41) is 18.5. The third-order valence-electron chi connectivity index (χ3n) is 2.14. The summed E-state index contributed by atoms with van der Waals surface area (Å²) in [5.41, 5.74) is 10.6. The standard InChI is InChI=1S/C10H16N2O7.Na/c11-5(1-3-7(13)14)9(17)19-10(18)6(12)2-4-8(15)16;/h5-6H,1-4,11-12H2,(H,13,14)(H,15,16);/q;+1/p-1. The molecule has 20 heavy (non-hydrogen) atoms. The van der Waals surface area contributed by atoms with Gasteiger partial charge >= 0.3 is 47.5 Å². The van der Waals surface area contributed by atoms with Crippen LogP contribution in [0, 0.1) is 0 Å². The fourth-order valence-electron chi connectivity index (χ4n) is 1.04. The van der Waals surface area contributed by atoms with Crippen LogP contribution in [0.5, 0.6) is 0 Å². The smallest absolute Gasteiger partial charge is 0.550 e. The number of carboxylic acids is 2. The van der Waals surface area contributed by atoms with Gasteiger partial charge < -0.3 is 31.2 Å². The largest absolute Gasteiger partial charge is 1.00 e. The summed E-state index contributed by atoms with van der Waals surface area (Å²) in [4.78, 5) is 42.9. The number of nitrogens with two attached hydrogens (primary N) is 2. The van der Waals surface area contributed by atoms with Gasteiger partial charge in [-0.1, -0.05) is 0 Å². The number of hydrogen-bond acceptors (Lipinski definition) is 8. The van der Waals surface area contributed by atoms with Crippen LogP contribution in [0.1, 0.15) is 25.7 Å². The van der Waals surface area contributed by atoms with E-state index in [2.05, 4.69) is 4.74 Å². The van der Waals surface area contributed by atoms with Crippen LogP contribution in [-0.4, -0.2) is 41.1 Å². The molecular weight excluding hydrogens is 283 g/mol. The van der Waals surface area contributed by atoms with Crippen LogP contribution in [0.4, 0.5) is 0 Å². The molecule has 0 saturated carbocycles. The number of hydrogen-bond donors (Lipinski definition) is 3. The summed E-state index contributed by atoms with van der Waals surface area (Å²) in [7, 11) is 0. The summed E-state index contributed by atoms with van der Waals surface area (Å²) in [6.45, 7) is 0. The number of aliphatic carboxylic acids is 2. The first-order chi connectivity index (χ1) is 8.73. The van der Waals surface area contributed by atoms with Crippen LogP contribution in [0.2, 0.25) is 0 Å². The molecule has 10 heteroatoms. The molecule has 0 aromatic heterocycles.